The lowest BCUT2D eigenvalue weighted by Crippen LogP contribution is -2.47. The maximum atomic E-state index is 12.8. The molecule has 0 spiro atoms. The number of furan rings is 1. The van der Waals surface area contributed by atoms with Crippen molar-refractivity contribution in [1.29, 1.82) is 0 Å². The molecule has 40 heavy (non-hydrogen) atoms. The number of benzene rings is 1. The Kier molecular flexibility index (Phi) is 16.3. The van der Waals surface area contributed by atoms with Crippen LogP contribution in [0.2, 0.25) is 0 Å². The minimum Gasteiger partial charge on any atom is -0.507 e. The van der Waals surface area contributed by atoms with E-state index in [9.17, 15) is 29.5 Å². The molecule has 0 radical (unpaired) electrons. The number of carbonyl (C=O) groups is 4. The van der Waals surface area contributed by atoms with Crippen LogP contribution in [0.1, 0.15) is 66.9 Å². The number of aromatic hydroxyl groups is 1. The van der Waals surface area contributed by atoms with Crippen molar-refractivity contribution in [3.63, 3.8) is 0 Å². The van der Waals surface area contributed by atoms with Crippen molar-refractivity contribution in [2.24, 2.45) is 5.92 Å². The molecule has 2 atom stereocenters. The van der Waals surface area contributed by atoms with Gasteiger partial charge in [-0.2, -0.15) is 0 Å². The van der Waals surface area contributed by atoms with E-state index < -0.39 is 26.2 Å². The minimum atomic E-state index is -1.71. The number of phenolic OH excluding ortho intramolecular Hbond substituents is 1. The lowest BCUT2D eigenvalue weighted by atomic mass is 9.90. The second-order valence-electron chi connectivity index (χ2n) is 8.73. The number of phenols is 1. The summed E-state index contributed by atoms with van der Waals surface area (Å²) in [5, 5.41) is 28.0. The van der Waals surface area contributed by atoms with Gasteiger partial charge in [0.15, 0.2) is 20.4 Å². The third kappa shape index (κ3) is 11.4. The zero-order valence-electron chi connectivity index (χ0n) is 22.9. The van der Waals surface area contributed by atoms with Crippen molar-refractivity contribution in [2.75, 3.05) is 20.0 Å². The third-order valence-corrected chi connectivity index (χ3v) is 6.47. The largest absolute Gasteiger partial charge is 0.507 e. The van der Waals surface area contributed by atoms with Gasteiger partial charge in [0.05, 0.1) is 30.5 Å². The number of nitrogens with zero attached hydrogens (tertiary/aromatic N) is 1. The number of carbonyl (C=O) groups excluding carboxylic acids is 4. The van der Waals surface area contributed by atoms with Crippen LogP contribution in [0.3, 0.4) is 0 Å². The lowest BCUT2D eigenvalue weighted by molar-refractivity contribution is -0.168. The van der Waals surface area contributed by atoms with Gasteiger partial charge < -0.3 is 35.3 Å². The fourth-order valence-electron chi connectivity index (χ4n) is 3.83. The summed E-state index contributed by atoms with van der Waals surface area (Å²) in [6, 6.07) is 6.71. The van der Waals surface area contributed by atoms with Crippen LogP contribution in [0.25, 0.3) is 11.3 Å². The molecule has 1 aromatic heterocycles. The summed E-state index contributed by atoms with van der Waals surface area (Å²) in [5.74, 6) is -1.45. The molecule has 1 aromatic carbocycles. The van der Waals surface area contributed by atoms with Crippen molar-refractivity contribution in [3.8, 4) is 17.1 Å². The molecule has 0 aliphatic heterocycles. The summed E-state index contributed by atoms with van der Waals surface area (Å²) in [7, 11) is -0.0433. The van der Waals surface area contributed by atoms with Crippen molar-refractivity contribution in [3.05, 3.63) is 41.7 Å². The molecular weight excluding hydrogens is 543 g/mol. The van der Waals surface area contributed by atoms with Gasteiger partial charge in [0.1, 0.15) is 11.5 Å². The average molecular weight is 583 g/mol. The quantitative estimate of drug-likeness (QED) is 0.0385. The molecule has 7 N–H and O–H groups in total. The van der Waals surface area contributed by atoms with Crippen LogP contribution in [-0.4, -0.2) is 75.7 Å². The second-order valence-corrected chi connectivity index (χ2v) is 9.79. The molecule has 14 heteroatoms. The molecule has 0 saturated heterocycles. The number of hydrogen-bond acceptors (Lipinski definition) is 10. The number of hydrogen-bond donors (Lipinski definition) is 7. The van der Waals surface area contributed by atoms with Crippen LogP contribution >= 0.6 is 8.38 Å². The topological polar surface area (TPSA) is 202 Å². The first-order valence-corrected chi connectivity index (χ1v) is 14.2. The lowest BCUT2D eigenvalue weighted by Gasteiger charge is -2.29. The smallest absolute Gasteiger partial charge is 0.288 e. The molecule has 222 valence electrons. The van der Waals surface area contributed by atoms with E-state index in [4.69, 9.17) is 14.2 Å². The van der Waals surface area contributed by atoms with E-state index in [0.29, 0.717) is 41.8 Å². The van der Waals surface area contributed by atoms with E-state index >= 15 is 0 Å². The molecule has 0 aliphatic rings. The number of rotatable bonds is 16. The molecule has 13 nitrogen and oxygen atoms in total. The maximum Gasteiger partial charge on any atom is 0.288 e. The predicted molar refractivity (Wildman–Crippen MR) is 148 cm³/mol. The molecule has 0 saturated carbocycles. The van der Waals surface area contributed by atoms with E-state index in [2.05, 4.69) is 16.0 Å². The van der Waals surface area contributed by atoms with Gasteiger partial charge in [0, 0.05) is 5.56 Å². The highest BCUT2D eigenvalue weighted by atomic mass is 31.2. The van der Waals surface area contributed by atoms with Gasteiger partial charge in [-0.15, -0.1) is 0 Å². The van der Waals surface area contributed by atoms with Gasteiger partial charge in [-0.1, -0.05) is 39.2 Å². The summed E-state index contributed by atoms with van der Waals surface area (Å²) < 4.78 is 5.53. The highest BCUT2D eigenvalue weighted by Gasteiger charge is 2.30. The van der Waals surface area contributed by atoms with Crippen LogP contribution in [0.5, 0.6) is 5.75 Å². The summed E-state index contributed by atoms with van der Waals surface area (Å²) in [6.07, 6.45) is 4.65. The van der Waals surface area contributed by atoms with Gasteiger partial charge in [0.25, 0.3) is 5.91 Å². The third-order valence-electron chi connectivity index (χ3n) is 5.87. The highest BCUT2D eigenvalue weighted by Crippen LogP contribution is 2.27. The minimum absolute atomic E-state index is 0.00313. The molecule has 0 fully saturated rings. The van der Waals surface area contributed by atoms with Crippen molar-refractivity contribution in [1.82, 2.24) is 21.0 Å². The fourth-order valence-corrected chi connectivity index (χ4v) is 4.11. The number of aldehydes is 1. The Morgan fingerprint density at radius 2 is 1.82 bits per heavy atom. The molecule has 0 bridgehead atoms. The van der Waals surface area contributed by atoms with E-state index in [1.54, 1.807) is 26.1 Å². The Morgan fingerprint density at radius 3 is 2.35 bits per heavy atom. The Labute approximate surface area is 234 Å². The summed E-state index contributed by atoms with van der Waals surface area (Å²) in [5.41, 5.74) is 0.625. The standard InChI is InChI=1S/C24H31N3O7.C2H8NO2P/c1-3-5-6-7-18(19(4-2)27(33)15-29)23(31)25-14-26-24(32)22-11-10-21(34-22)16-8-9-17(13-28)20(30)12-16;1-3-2-6(4)5/h8-13,15,18-19,30,33H,3-7,14H2,1-2H3,(H,25,31)(H,26,32);3-5H,2H2,1H3. The monoisotopic (exact) mass is 582 g/mol. The fraction of sp³-hybridized carbons (Fsp3) is 0.462. The zero-order valence-corrected chi connectivity index (χ0v) is 23.8. The van der Waals surface area contributed by atoms with Crippen LogP contribution in [-0.2, 0) is 9.59 Å². The van der Waals surface area contributed by atoms with Gasteiger partial charge in [-0.25, -0.2) is 5.06 Å². The van der Waals surface area contributed by atoms with E-state index in [0.717, 1.165) is 19.3 Å². The normalized spacial score (nSPS) is 12.1. The van der Waals surface area contributed by atoms with Gasteiger partial charge in [0.2, 0.25) is 12.3 Å². The second kappa shape index (κ2) is 18.9. The molecule has 2 rings (SSSR count). The molecule has 2 aromatic rings. The Bertz CT molecular complexity index is 1080. The molecule has 3 amide bonds. The summed E-state index contributed by atoms with van der Waals surface area (Å²) in [6.45, 7) is 3.64. The Hall–Kier alpha value is -3.35. The van der Waals surface area contributed by atoms with Crippen molar-refractivity contribution >= 4 is 32.9 Å². The van der Waals surface area contributed by atoms with E-state index in [1.165, 1.54) is 18.2 Å². The first-order chi connectivity index (χ1) is 19.1. The van der Waals surface area contributed by atoms with Gasteiger partial charge in [-0.05, 0) is 44.2 Å². The Morgan fingerprint density at radius 1 is 1.10 bits per heavy atom. The molecular formula is C26H39N4O9P. The van der Waals surface area contributed by atoms with E-state index in [1.807, 2.05) is 6.92 Å². The van der Waals surface area contributed by atoms with Crippen molar-refractivity contribution in [2.45, 2.75) is 52.0 Å². The average Bonchev–Trinajstić information content (AvgIpc) is 3.43. The van der Waals surface area contributed by atoms with Crippen LogP contribution in [0, 0.1) is 5.92 Å². The van der Waals surface area contributed by atoms with Crippen molar-refractivity contribution < 1.29 is 43.7 Å². The number of nitrogens with one attached hydrogen (secondary N) is 3. The molecule has 1 heterocycles. The summed E-state index contributed by atoms with van der Waals surface area (Å²) in [4.78, 5) is 63.3. The number of hydroxylamine groups is 2. The van der Waals surface area contributed by atoms with Crippen LogP contribution in [0.15, 0.2) is 34.7 Å². The predicted octanol–water partition coefficient (Wildman–Crippen LogP) is 2.55. The molecule has 0 aliphatic carbocycles. The van der Waals surface area contributed by atoms with Gasteiger partial charge >= 0.3 is 0 Å². The molecule has 2 unspecified atom stereocenters. The van der Waals surface area contributed by atoms with E-state index in [-0.39, 0.29) is 36.1 Å². The first-order valence-electron chi connectivity index (χ1n) is 12.8. The highest BCUT2D eigenvalue weighted by molar-refractivity contribution is 7.44. The maximum absolute atomic E-state index is 12.8. The Balaban J connectivity index is 0.00000120. The van der Waals surface area contributed by atoms with Crippen LogP contribution in [0.4, 0.5) is 0 Å². The van der Waals surface area contributed by atoms with Gasteiger partial charge in [-0.3, -0.25) is 24.4 Å². The number of amides is 3. The summed E-state index contributed by atoms with van der Waals surface area (Å²) >= 11 is 0. The first kappa shape index (κ1) is 34.7. The number of unbranched alkanes of at least 4 members (excludes halogenated alkanes) is 2. The SMILES string of the molecule is CCCCCC(C(=O)NCNC(=O)c1ccc(-c2ccc(C=O)c(O)c2)o1)C(CC)N(O)C=O.CNCP(O)O. The zero-order chi connectivity index (χ0) is 30.1. The van der Waals surface area contributed by atoms with Crippen LogP contribution < -0.4 is 16.0 Å².